The summed E-state index contributed by atoms with van der Waals surface area (Å²) in [6, 6.07) is 6.74. The molecule has 4 heteroatoms. The lowest BCUT2D eigenvalue weighted by Crippen LogP contribution is -2.28. The highest BCUT2D eigenvalue weighted by molar-refractivity contribution is 7.18. The van der Waals surface area contributed by atoms with Gasteiger partial charge in [-0.2, -0.15) is 0 Å². The third kappa shape index (κ3) is 2.81. The summed E-state index contributed by atoms with van der Waals surface area (Å²) in [5.74, 6) is 1.46. The second-order valence-electron chi connectivity index (χ2n) is 5.57. The lowest BCUT2D eigenvalue weighted by atomic mass is 10.1. The van der Waals surface area contributed by atoms with Crippen LogP contribution in [0.2, 0.25) is 0 Å². The van der Waals surface area contributed by atoms with Gasteiger partial charge in [0.25, 0.3) is 0 Å². The van der Waals surface area contributed by atoms with E-state index in [1.807, 2.05) is 6.07 Å². The van der Waals surface area contributed by atoms with E-state index < -0.39 is 0 Å². The standard InChI is InChI=1S/C16H22N2OS/c1-3-11(2)16-18-15-13(7-4-8-14(15)20-16)19-10-12-6-5-9-17-12/h4,7-8,11-12,17H,3,5-6,9-10H2,1-2H3. The normalized spacial score (nSPS) is 20.4. The number of benzene rings is 1. The molecule has 2 aromatic rings. The highest BCUT2D eigenvalue weighted by Crippen LogP contribution is 2.33. The zero-order valence-corrected chi connectivity index (χ0v) is 13.0. The number of nitrogens with zero attached hydrogens (tertiary/aromatic N) is 1. The smallest absolute Gasteiger partial charge is 0.146 e. The number of aromatic nitrogens is 1. The van der Waals surface area contributed by atoms with Gasteiger partial charge in [0, 0.05) is 12.0 Å². The van der Waals surface area contributed by atoms with Crippen molar-refractivity contribution in [2.24, 2.45) is 0 Å². The zero-order valence-electron chi connectivity index (χ0n) is 12.2. The predicted molar refractivity (Wildman–Crippen MR) is 84.8 cm³/mol. The van der Waals surface area contributed by atoms with Crippen molar-refractivity contribution in [1.29, 1.82) is 0 Å². The van der Waals surface area contributed by atoms with Gasteiger partial charge >= 0.3 is 0 Å². The van der Waals surface area contributed by atoms with Crippen molar-refractivity contribution in [3.63, 3.8) is 0 Å². The molecular weight excluding hydrogens is 268 g/mol. The fourth-order valence-electron chi connectivity index (χ4n) is 2.53. The molecular formula is C16H22N2OS. The van der Waals surface area contributed by atoms with Crippen LogP contribution in [-0.2, 0) is 0 Å². The SMILES string of the molecule is CCC(C)c1nc2c(OCC3CCCN3)cccc2s1. The Balaban J connectivity index is 1.80. The van der Waals surface area contributed by atoms with Crippen LogP contribution in [0.3, 0.4) is 0 Å². The molecule has 0 aliphatic carbocycles. The maximum absolute atomic E-state index is 6.01. The van der Waals surface area contributed by atoms with Crippen molar-refractivity contribution in [2.75, 3.05) is 13.2 Å². The Bertz CT molecular complexity index is 575. The molecule has 2 heterocycles. The van der Waals surface area contributed by atoms with E-state index in [4.69, 9.17) is 9.72 Å². The largest absolute Gasteiger partial charge is 0.490 e. The molecule has 1 aliphatic heterocycles. The average molecular weight is 290 g/mol. The van der Waals surface area contributed by atoms with Gasteiger partial charge in [0.1, 0.15) is 17.9 Å². The van der Waals surface area contributed by atoms with Crippen LogP contribution in [0.15, 0.2) is 18.2 Å². The first-order valence-corrected chi connectivity index (χ1v) is 8.35. The van der Waals surface area contributed by atoms with Gasteiger partial charge in [-0.15, -0.1) is 11.3 Å². The van der Waals surface area contributed by atoms with E-state index >= 15 is 0 Å². The molecule has 108 valence electrons. The fourth-order valence-corrected chi connectivity index (χ4v) is 3.65. The third-order valence-corrected chi connectivity index (χ3v) is 5.29. The molecule has 1 aromatic heterocycles. The first-order chi connectivity index (χ1) is 9.78. The van der Waals surface area contributed by atoms with Crippen molar-refractivity contribution in [1.82, 2.24) is 10.3 Å². The fraction of sp³-hybridized carbons (Fsp3) is 0.562. The molecule has 0 amide bonds. The molecule has 3 rings (SSSR count). The Labute approximate surface area is 124 Å². The van der Waals surface area contributed by atoms with Gasteiger partial charge in [-0.05, 0) is 37.9 Å². The molecule has 0 spiro atoms. The average Bonchev–Trinajstić information content (AvgIpc) is 3.13. The first-order valence-electron chi connectivity index (χ1n) is 7.53. The Morgan fingerprint density at radius 2 is 2.40 bits per heavy atom. The summed E-state index contributed by atoms with van der Waals surface area (Å²) >= 11 is 1.80. The van der Waals surface area contributed by atoms with Gasteiger partial charge in [0.2, 0.25) is 0 Å². The molecule has 2 atom stereocenters. The Hall–Kier alpha value is -1.13. The quantitative estimate of drug-likeness (QED) is 0.905. The number of ether oxygens (including phenoxy) is 1. The second-order valence-corrected chi connectivity index (χ2v) is 6.63. The van der Waals surface area contributed by atoms with E-state index in [0.717, 1.165) is 30.8 Å². The number of hydrogen-bond acceptors (Lipinski definition) is 4. The van der Waals surface area contributed by atoms with Crippen LogP contribution in [0.4, 0.5) is 0 Å². The van der Waals surface area contributed by atoms with E-state index in [1.54, 1.807) is 11.3 Å². The van der Waals surface area contributed by atoms with Gasteiger partial charge in [0.05, 0.1) is 9.71 Å². The molecule has 1 aliphatic rings. The minimum atomic E-state index is 0.498. The van der Waals surface area contributed by atoms with Gasteiger partial charge in [-0.25, -0.2) is 4.98 Å². The second kappa shape index (κ2) is 6.10. The molecule has 20 heavy (non-hydrogen) atoms. The van der Waals surface area contributed by atoms with Crippen LogP contribution < -0.4 is 10.1 Å². The summed E-state index contributed by atoms with van der Waals surface area (Å²) < 4.78 is 7.25. The predicted octanol–water partition coefficient (Wildman–Crippen LogP) is 3.94. The number of nitrogens with one attached hydrogen (secondary N) is 1. The molecule has 0 saturated carbocycles. The topological polar surface area (TPSA) is 34.1 Å². The van der Waals surface area contributed by atoms with E-state index in [-0.39, 0.29) is 0 Å². The van der Waals surface area contributed by atoms with E-state index in [9.17, 15) is 0 Å². The number of para-hydroxylation sites is 1. The number of hydrogen-bond donors (Lipinski definition) is 1. The highest BCUT2D eigenvalue weighted by Gasteiger charge is 2.17. The summed E-state index contributed by atoms with van der Waals surface area (Å²) in [4.78, 5) is 4.80. The monoisotopic (exact) mass is 290 g/mol. The van der Waals surface area contributed by atoms with Crippen LogP contribution in [0.1, 0.15) is 44.0 Å². The summed E-state index contributed by atoms with van der Waals surface area (Å²) in [6.45, 7) is 6.31. The Morgan fingerprint density at radius 1 is 1.50 bits per heavy atom. The van der Waals surface area contributed by atoms with Crippen LogP contribution in [-0.4, -0.2) is 24.2 Å². The lowest BCUT2D eigenvalue weighted by molar-refractivity contribution is 0.280. The van der Waals surface area contributed by atoms with Crippen LogP contribution in [0.25, 0.3) is 10.2 Å². The van der Waals surface area contributed by atoms with E-state index in [0.29, 0.717) is 12.0 Å². The maximum Gasteiger partial charge on any atom is 0.146 e. The minimum absolute atomic E-state index is 0.498. The molecule has 0 radical (unpaired) electrons. The van der Waals surface area contributed by atoms with Crippen LogP contribution in [0.5, 0.6) is 5.75 Å². The number of rotatable bonds is 5. The van der Waals surface area contributed by atoms with Crippen molar-refractivity contribution in [3.05, 3.63) is 23.2 Å². The number of thiazole rings is 1. The van der Waals surface area contributed by atoms with E-state index in [2.05, 4.69) is 31.3 Å². The van der Waals surface area contributed by atoms with E-state index in [1.165, 1.54) is 22.5 Å². The highest BCUT2D eigenvalue weighted by atomic mass is 32.1. The minimum Gasteiger partial charge on any atom is -0.490 e. The number of fused-ring (bicyclic) bond motifs is 1. The summed E-state index contributed by atoms with van der Waals surface area (Å²) in [5, 5.41) is 4.68. The Kier molecular flexibility index (Phi) is 4.22. The van der Waals surface area contributed by atoms with Crippen molar-refractivity contribution < 1.29 is 4.74 Å². The van der Waals surface area contributed by atoms with Crippen molar-refractivity contribution >= 4 is 21.6 Å². The van der Waals surface area contributed by atoms with Gasteiger partial charge in [-0.3, -0.25) is 0 Å². The molecule has 1 N–H and O–H groups in total. The molecule has 1 fully saturated rings. The molecule has 1 saturated heterocycles. The zero-order chi connectivity index (χ0) is 13.9. The molecule has 3 nitrogen and oxygen atoms in total. The van der Waals surface area contributed by atoms with Crippen LogP contribution in [0, 0.1) is 0 Å². The lowest BCUT2D eigenvalue weighted by Gasteiger charge is -2.12. The summed E-state index contributed by atoms with van der Waals surface area (Å²) in [7, 11) is 0. The van der Waals surface area contributed by atoms with Crippen molar-refractivity contribution in [2.45, 2.75) is 45.1 Å². The van der Waals surface area contributed by atoms with Gasteiger partial charge < -0.3 is 10.1 Å². The molecule has 1 aromatic carbocycles. The van der Waals surface area contributed by atoms with Crippen molar-refractivity contribution in [3.8, 4) is 5.75 Å². The molecule has 2 unspecified atom stereocenters. The Morgan fingerprint density at radius 3 is 3.15 bits per heavy atom. The molecule has 0 bridgehead atoms. The summed E-state index contributed by atoms with van der Waals surface area (Å²) in [5.41, 5.74) is 1.03. The van der Waals surface area contributed by atoms with Crippen LogP contribution >= 0.6 is 11.3 Å². The summed E-state index contributed by atoms with van der Waals surface area (Å²) in [6.07, 6.45) is 3.60. The van der Waals surface area contributed by atoms with Gasteiger partial charge in [-0.1, -0.05) is 19.9 Å². The first kappa shape index (κ1) is 13.8. The maximum atomic E-state index is 6.01. The van der Waals surface area contributed by atoms with Gasteiger partial charge in [0.15, 0.2) is 0 Å². The third-order valence-electron chi connectivity index (χ3n) is 4.03.